The lowest BCUT2D eigenvalue weighted by atomic mass is 9.99. The molecule has 0 spiro atoms. The Hall–Kier alpha value is -1.85. The number of unbranched alkanes of at least 4 members (excludes halogenated alkanes) is 25. The first kappa shape index (κ1) is 56.2. The monoisotopic (exact) mass is 848 g/mol. The summed E-state index contributed by atoms with van der Waals surface area (Å²) < 4.78 is 11.2. The van der Waals surface area contributed by atoms with Crippen LogP contribution in [-0.2, 0) is 14.3 Å². The molecule has 0 aromatic heterocycles. The molecule has 0 aromatic carbocycles. The molecule has 1 aliphatic rings. The van der Waals surface area contributed by atoms with E-state index in [1.807, 2.05) is 6.08 Å². The van der Waals surface area contributed by atoms with E-state index in [0.717, 1.165) is 64.2 Å². The van der Waals surface area contributed by atoms with Gasteiger partial charge in [-0.2, -0.15) is 0 Å². The first-order chi connectivity index (χ1) is 29.3. The fourth-order valence-corrected chi connectivity index (χ4v) is 7.63. The zero-order chi connectivity index (χ0) is 43.7. The van der Waals surface area contributed by atoms with E-state index in [4.69, 9.17) is 9.47 Å². The van der Waals surface area contributed by atoms with Gasteiger partial charge in [0.15, 0.2) is 6.29 Å². The van der Waals surface area contributed by atoms with E-state index in [2.05, 4.69) is 55.6 Å². The zero-order valence-electron chi connectivity index (χ0n) is 38.5. The van der Waals surface area contributed by atoms with Crippen molar-refractivity contribution in [3.63, 3.8) is 0 Å². The van der Waals surface area contributed by atoms with Crippen molar-refractivity contribution in [1.82, 2.24) is 5.32 Å². The summed E-state index contributed by atoms with van der Waals surface area (Å²) in [4.78, 5) is 13.0. The van der Waals surface area contributed by atoms with Gasteiger partial charge in [0.25, 0.3) is 0 Å². The summed E-state index contributed by atoms with van der Waals surface area (Å²) in [5, 5.41) is 54.3. The van der Waals surface area contributed by atoms with E-state index >= 15 is 0 Å². The first-order valence-electron chi connectivity index (χ1n) is 24.9. The van der Waals surface area contributed by atoms with Crippen molar-refractivity contribution in [3.8, 4) is 0 Å². The van der Waals surface area contributed by atoms with E-state index in [9.17, 15) is 30.3 Å². The van der Waals surface area contributed by atoms with Gasteiger partial charge in [0.05, 0.1) is 25.4 Å². The minimum atomic E-state index is -1.57. The summed E-state index contributed by atoms with van der Waals surface area (Å²) in [6, 6.07) is -0.809. The minimum Gasteiger partial charge on any atom is -0.394 e. The van der Waals surface area contributed by atoms with Gasteiger partial charge in [-0.25, -0.2) is 0 Å². The zero-order valence-corrected chi connectivity index (χ0v) is 38.5. The third kappa shape index (κ3) is 31.1. The van der Waals surface area contributed by atoms with Gasteiger partial charge in [-0.15, -0.1) is 0 Å². The maximum absolute atomic E-state index is 13.0. The van der Waals surface area contributed by atoms with Crippen molar-refractivity contribution < 1.29 is 39.8 Å². The first-order valence-corrected chi connectivity index (χ1v) is 24.9. The van der Waals surface area contributed by atoms with Crippen LogP contribution in [0.25, 0.3) is 0 Å². The average molecular weight is 848 g/mol. The third-order valence-electron chi connectivity index (χ3n) is 11.6. The molecule has 60 heavy (non-hydrogen) atoms. The molecule has 0 aliphatic carbocycles. The third-order valence-corrected chi connectivity index (χ3v) is 11.6. The lowest BCUT2D eigenvalue weighted by Gasteiger charge is -2.40. The minimum absolute atomic E-state index is 0.185. The number of amides is 1. The molecular formula is C51H93NO8. The van der Waals surface area contributed by atoms with Gasteiger partial charge in [-0.05, 0) is 57.8 Å². The van der Waals surface area contributed by atoms with E-state index in [0.29, 0.717) is 6.42 Å². The molecule has 0 bridgehead atoms. The Bertz CT molecular complexity index is 1080. The van der Waals surface area contributed by atoms with Crippen LogP contribution >= 0.6 is 0 Å². The standard InChI is InChI=1S/C51H93NO8/c1-3-5-7-9-11-13-15-17-19-20-21-22-23-24-25-26-27-29-31-33-35-37-39-41-47(55)52-44(43-59-51-50(58)49(57)48(56)46(42-53)60-51)45(54)40-38-36-34-32-30-28-18-16-14-12-10-8-6-4-2/h15,17,20-21,23-24,38,40,44-46,48-51,53-54,56-58H,3-14,16,18-19,22,25-37,39,41-43H2,1-2H3,(H,52,55)/b17-15-,21-20-,24-23-,40-38+. The Balaban J connectivity index is 2.30. The number of allylic oxidation sites excluding steroid dienone is 7. The van der Waals surface area contributed by atoms with Crippen molar-refractivity contribution in [2.24, 2.45) is 0 Å². The normalized spacial score (nSPS) is 20.9. The van der Waals surface area contributed by atoms with Crippen LogP contribution in [-0.4, -0.2) is 87.5 Å². The summed E-state index contributed by atoms with van der Waals surface area (Å²) in [6.45, 7) is 3.75. The van der Waals surface area contributed by atoms with Crippen molar-refractivity contribution in [3.05, 3.63) is 48.6 Å². The molecule has 1 saturated heterocycles. The van der Waals surface area contributed by atoms with Crippen LogP contribution in [0.15, 0.2) is 48.6 Å². The summed E-state index contributed by atoms with van der Waals surface area (Å²) in [5.74, 6) is -0.185. The van der Waals surface area contributed by atoms with Gasteiger partial charge in [0, 0.05) is 6.42 Å². The van der Waals surface area contributed by atoms with E-state index < -0.39 is 49.5 Å². The number of rotatable bonds is 41. The van der Waals surface area contributed by atoms with Crippen LogP contribution in [0.1, 0.15) is 213 Å². The fourth-order valence-electron chi connectivity index (χ4n) is 7.63. The summed E-state index contributed by atoms with van der Waals surface area (Å²) in [5.41, 5.74) is 0. The molecule has 0 aromatic rings. The van der Waals surface area contributed by atoms with Gasteiger partial charge < -0.3 is 40.3 Å². The molecule has 1 rings (SSSR count). The SMILES string of the molecule is CCCCCCC/C=C\C/C=C\C/C=C\CCCCCCCCCCC(=O)NC(COC1OC(CO)C(O)C(O)C1O)C(O)/C=C/CCCCCCCCCCCCCC. The second-order valence-electron chi connectivity index (χ2n) is 17.3. The number of nitrogens with one attached hydrogen (secondary N) is 1. The smallest absolute Gasteiger partial charge is 0.220 e. The summed E-state index contributed by atoms with van der Waals surface area (Å²) >= 11 is 0. The number of hydrogen-bond donors (Lipinski definition) is 6. The largest absolute Gasteiger partial charge is 0.394 e. The predicted molar refractivity (Wildman–Crippen MR) is 249 cm³/mol. The van der Waals surface area contributed by atoms with Gasteiger partial charge in [-0.1, -0.05) is 197 Å². The Morgan fingerprint density at radius 1 is 0.567 bits per heavy atom. The molecule has 1 fully saturated rings. The molecule has 6 N–H and O–H groups in total. The van der Waals surface area contributed by atoms with Crippen LogP contribution in [0.2, 0.25) is 0 Å². The van der Waals surface area contributed by atoms with Crippen LogP contribution in [0.5, 0.6) is 0 Å². The van der Waals surface area contributed by atoms with Crippen LogP contribution in [0.4, 0.5) is 0 Å². The van der Waals surface area contributed by atoms with Gasteiger partial charge >= 0.3 is 0 Å². The van der Waals surface area contributed by atoms with Gasteiger partial charge in [0.2, 0.25) is 5.91 Å². The molecule has 7 unspecified atom stereocenters. The molecule has 350 valence electrons. The second kappa shape index (κ2) is 41.2. The Morgan fingerprint density at radius 2 is 0.983 bits per heavy atom. The highest BCUT2D eigenvalue weighted by Crippen LogP contribution is 2.23. The predicted octanol–water partition coefficient (Wildman–Crippen LogP) is 11.0. The number of hydrogen-bond acceptors (Lipinski definition) is 8. The molecule has 7 atom stereocenters. The molecular weight excluding hydrogens is 755 g/mol. The quantitative estimate of drug-likeness (QED) is 0.0263. The molecule has 9 nitrogen and oxygen atoms in total. The molecule has 0 radical (unpaired) electrons. The van der Waals surface area contributed by atoms with E-state index in [-0.39, 0.29) is 12.5 Å². The topological polar surface area (TPSA) is 149 Å². The maximum Gasteiger partial charge on any atom is 0.220 e. The van der Waals surface area contributed by atoms with Crippen molar-refractivity contribution in [2.75, 3.05) is 13.2 Å². The summed E-state index contributed by atoms with van der Waals surface area (Å²) in [7, 11) is 0. The van der Waals surface area contributed by atoms with Crippen molar-refractivity contribution in [2.45, 2.75) is 256 Å². The second-order valence-corrected chi connectivity index (χ2v) is 17.3. The lowest BCUT2D eigenvalue weighted by molar-refractivity contribution is -0.302. The highest BCUT2D eigenvalue weighted by molar-refractivity contribution is 5.76. The average Bonchev–Trinajstić information content (AvgIpc) is 3.25. The molecule has 1 heterocycles. The Morgan fingerprint density at radius 3 is 1.45 bits per heavy atom. The Labute approximate surface area is 367 Å². The number of aliphatic hydroxyl groups excluding tert-OH is 5. The highest BCUT2D eigenvalue weighted by atomic mass is 16.7. The molecule has 0 saturated carbocycles. The fraction of sp³-hybridized carbons (Fsp3) is 0.824. The summed E-state index contributed by atoms with van der Waals surface area (Å²) in [6.07, 6.45) is 45.8. The number of carbonyl (C=O) groups excluding carboxylic acids is 1. The highest BCUT2D eigenvalue weighted by Gasteiger charge is 2.44. The number of aliphatic hydroxyl groups is 5. The Kier molecular flexibility index (Phi) is 38.5. The number of carbonyl (C=O) groups is 1. The van der Waals surface area contributed by atoms with E-state index in [1.54, 1.807) is 6.08 Å². The lowest BCUT2D eigenvalue weighted by Crippen LogP contribution is -2.60. The number of ether oxygens (including phenoxy) is 2. The molecule has 1 amide bonds. The molecule has 1 aliphatic heterocycles. The van der Waals surface area contributed by atoms with Gasteiger partial charge in [0.1, 0.15) is 24.4 Å². The van der Waals surface area contributed by atoms with Crippen LogP contribution in [0.3, 0.4) is 0 Å². The maximum atomic E-state index is 13.0. The van der Waals surface area contributed by atoms with Crippen LogP contribution < -0.4 is 5.32 Å². The van der Waals surface area contributed by atoms with Crippen molar-refractivity contribution >= 4 is 5.91 Å². The van der Waals surface area contributed by atoms with Crippen LogP contribution in [0, 0.1) is 0 Å². The molecule has 9 heteroatoms. The van der Waals surface area contributed by atoms with E-state index in [1.165, 1.54) is 128 Å². The van der Waals surface area contributed by atoms with Gasteiger partial charge in [-0.3, -0.25) is 4.79 Å². The van der Waals surface area contributed by atoms with Crippen molar-refractivity contribution in [1.29, 1.82) is 0 Å².